The highest BCUT2D eigenvalue weighted by Crippen LogP contribution is 2.25. The van der Waals surface area contributed by atoms with Gasteiger partial charge in [0.25, 0.3) is 17.7 Å². The average molecular weight is 368 g/mol. The van der Waals surface area contributed by atoms with Crippen LogP contribution in [0.15, 0.2) is 48.5 Å². The third-order valence-electron chi connectivity index (χ3n) is 4.56. The lowest BCUT2D eigenvalue weighted by Gasteiger charge is -2.28. The number of carbonyl (C=O) groups is 3. The summed E-state index contributed by atoms with van der Waals surface area (Å²) in [4.78, 5) is 43.8. The summed E-state index contributed by atoms with van der Waals surface area (Å²) in [6, 6.07) is 13.3. The van der Waals surface area contributed by atoms with E-state index in [1.54, 1.807) is 50.4 Å². The van der Waals surface area contributed by atoms with E-state index in [0.29, 0.717) is 16.9 Å². The van der Waals surface area contributed by atoms with Crippen molar-refractivity contribution in [2.75, 3.05) is 20.8 Å². The van der Waals surface area contributed by atoms with Crippen LogP contribution >= 0.6 is 0 Å². The quantitative estimate of drug-likeness (QED) is 0.578. The SMILES string of the molecule is COc1ccc(C(C)N(OC)C(=O)CN2C(=O)c3ccccc3C2=O)cc1. The van der Waals surface area contributed by atoms with Crippen LogP contribution in [-0.2, 0) is 9.63 Å². The summed E-state index contributed by atoms with van der Waals surface area (Å²) < 4.78 is 5.13. The summed E-state index contributed by atoms with van der Waals surface area (Å²) >= 11 is 0. The smallest absolute Gasteiger partial charge is 0.266 e. The lowest BCUT2D eigenvalue weighted by molar-refractivity contribution is -0.187. The van der Waals surface area contributed by atoms with Gasteiger partial charge in [-0.05, 0) is 36.8 Å². The first-order valence-corrected chi connectivity index (χ1v) is 8.43. The zero-order chi connectivity index (χ0) is 19.6. The molecule has 0 aromatic heterocycles. The van der Waals surface area contributed by atoms with Gasteiger partial charge in [0.2, 0.25) is 0 Å². The van der Waals surface area contributed by atoms with E-state index < -0.39 is 23.8 Å². The van der Waals surface area contributed by atoms with Gasteiger partial charge in [-0.15, -0.1) is 0 Å². The molecule has 0 saturated heterocycles. The molecule has 1 heterocycles. The van der Waals surface area contributed by atoms with E-state index in [9.17, 15) is 14.4 Å². The summed E-state index contributed by atoms with van der Waals surface area (Å²) in [6.45, 7) is 1.41. The molecule has 2 aromatic carbocycles. The molecule has 3 amide bonds. The molecule has 1 aliphatic heterocycles. The fourth-order valence-corrected chi connectivity index (χ4v) is 3.08. The first-order chi connectivity index (χ1) is 13.0. The largest absolute Gasteiger partial charge is 0.497 e. The number of amides is 3. The Morgan fingerprint density at radius 1 is 1.00 bits per heavy atom. The number of ether oxygens (including phenoxy) is 1. The van der Waals surface area contributed by atoms with Gasteiger partial charge in [0.15, 0.2) is 0 Å². The Bertz CT molecular complexity index is 843. The maximum absolute atomic E-state index is 12.7. The highest BCUT2D eigenvalue weighted by molar-refractivity contribution is 6.22. The monoisotopic (exact) mass is 368 g/mol. The number of carbonyl (C=O) groups excluding carboxylic acids is 3. The third-order valence-corrected chi connectivity index (χ3v) is 4.56. The second kappa shape index (κ2) is 7.59. The van der Waals surface area contributed by atoms with E-state index in [1.807, 2.05) is 12.1 Å². The summed E-state index contributed by atoms with van der Waals surface area (Å²) in [6.07, 6.45) is 0. The number of methoxy groups -OCH3 is 1. The molecular weight excluding hydrogens is 348 g/mol. The molecule has 0 radical (unpaired) electrons. The molecule has 27 heavy (non-hydrogen) atoms. The second-order valence-electron chi connectivity index (χ2n) is 6.09. The third kappa shape index (κ3) is 3.41. The predicted octanol–water partition coefficient (Wildman–Crippen LogP) is 2.44. The van der Waals surface area contributed by atoms with Crippen LogP contribution in [0.4, 0.5) is 0 Å². The van der Waals surface area contributed by atoms with Gasteiger partial charge in [0, 0.05) is 0 Å². The van der Waals surface area contributed by atoms with Gasteiger partial charge in [0.1, 0.15) is 12.3 Å². The van der Waals surface area contributed by atoms with E-state index >= 15 is 0 Å². The first kappa shape index (κ1) is 18.6. The normalized spacial score (nSPS) is 14.1. The molecule has 7 nitrogen and oxygen atoms in total. The predicted molar refractivity (Wildman–Crippen MR) is 97.1 cm³/mol. The molecule has 1 aliphatic rings. The lowest BCUT2D eigenvalue weighted by Crippen LogP contribution is -2.43. The van der Waals surface area contributed by atoms with Crippen molar-refractivity contribution in [3.05, 3.63) is 65.2 Å². The van der Waals surface area contributed by atoms with Crippen LogP contribution < -0.4 is 4.74 Å². The van der Waals surface area contributed by atoms with Crippen LogP contribution in [0.2, 0.25) is 0 Å². The van der Waals surface area contributed by atoms with Crippen molar-refractivity contribution in [2.45, 2.75) is 13.0 Å². The number of hydroxylamine groups is 2. The Labute approximate surface area is 157 Å². The van der Waals surface area contributed by atoms with Gasteiger partial charge in [-0.25, -0.2) is 5.06 Å². The molecule has 1 unspecified atom stereocenters. The molecule has 0 aliphatic carbocycles. The van der Waals surface area contributed by atoms with Crippen LogP contribution in [0.5, 0.6) is 5.75 Å². The number of hydrogen-bond donors (Lipinski definition) is 0. The van der Waals surface area contributed by atoms with Gasteiger partial charge >= 0.3 is 0 Å². The fourth-order valence-electron chi connectivity index (χ4n) is 3.08. The molecule has 0 N–H and O–H groups in total. The minimum atomic E-state index is -0.490. The molecule has 3 rings (SSSR count). The molecule has 0 spiro atoms. The average Bonchev–Trinajstić information content (AvgIpc) is 2.93. The van der Waals surface area contributed by atoms with Crippen LogP contribution in [0.3, 0.4) is 0 Å². The molecule has 140 valence electrons. The molecule has 1 atom stereocenters. The minimum absolute atomic E-state index is 0.308. The van der Waals surface area contributed by atoms with Crippen molar-refractivity contribution in [1.82, 2.24) is 9.96 Å². The summed E-state index contributed by atoms with van der Waals surface area (Å²) in [5.41, 5.74) is 1.44. The molecule has 0 bridgehead atoms. The highest BCUT2D eigenvalue weighted by Gasteiger charge is 2.37. The summed E-state index contributed by atoms with van der Waals surface area (Å²) in [7, 11) is 2.95. The van der Waals surface area contributed by atoms with Crippen LogP contribution in [0.1, 0.15) is 39.2 Å². The Balaban J connectivity index is 1.75. The first-order valence-electron chi connectivity index (χ1n) is 8.43. The fraction of sp³-hybridized carbons (Fsp3) is 0.250. The summed E-state index contributed by atoms with van der Waals surface area (Å²) in [5.74, 6) is -0.739. The maximum atomic E-state index is 12.7. The molecular formula is C20H20N2O5. The van der Waals surface area contributed by atoms with E-state index in [2.05, 4.69) is 0 Å². The van der Waals surface area contributed by atoms with Crippen LogP contribution in [-0.4, -0.2) is 48.4 Å². The minimum Gasteiger partial charge on any atom is -0.497 e. The van der Waals surface area contributed by atoms with E-state index in [1.165, 1.54) is 7.11 Å². The van der Waals surface area contributed by atoms with Gasteiger partial charge in [0.05, 0.1) is 31.4 Å². The molecule has 2 aromatic rings. The van der Waals surface area contributed by atoms with Crippen LogP contribution in [0, 0.1) is 0 Å². The highest BCUT2D eigenvalue weighted by atomic mass is 16.7. The van der Waals surface area contributed by atoms with Crippen molar-refractivity contribution in [3.63, 3.8) is 0 Å². The number of nitrogens with zero attached hydrogens (tertiary/aromatic N) is 2. The van der Waals surface area contributed by atoms with Crippen LogP contribution in [0.25, 0.3) is 0 Å². The van der Waals surface area contributed by atoms with Crippen molar-refractivity contribution in [2.24, 2.45) is 0 Å². The number of hydrogen-bond acceptors (Lipinski definition) is 5. The topological polar surface area (TPSA) is 76.2 Å². The molecule has 7 heteroatoms. The van der Waals surface area contributed by atoms with Gasteiger partial charge in [-0.3, -0.25) is 24.1 Å². The van der Waals surface area contributed by atoms with E-state index in [0.717, 1.165) is 15.5 Å². The Morgan fingerprint density at radius 2 is 1.56 bits per heavy atom. The van der Waals surface area contributed by atoms with Crippen molar-refractivity contribution < 1.29 is 24.0 Å². The Kier molecular flexibility index (Phi) is 5.23. The molecule has 0 fully saturated rings. The van der Waals surface area contributed by atoms with Gasteiger partial charge in [-0.1, -0.05) is 24.3 Å². The zero-order valence-electron chi connectivity index (χ0n) is 15.3. The Hall–Kier alpha value is -3.19. The summed E-state index contributed by atoms with van der Waals surface area (Å²) in [5, 5.41) is 1.16. The van der Waals surface area contributed by atoms with Gasteiger partial charge in [-0.2, -0.15) is 0 Å². The number of rotatable bonds is 6. The lowest BCUT2D eigenvalue weighted by atomic mass is 10.1. The number of fused-ring (bicyclic) bond motifs is 1. The number of imide groups is 1. The van der Waals surface area contributed by atoms with Crippen molar-refractivity contribution in [3.8, 4) is 5.75 Å². The van der Waals surface area contributed by atoms with Crippen molar-refractivity contribution in [1.29, 1.82) is 0 Å². The Morgan fingerprint density at radius 3 is 2.04 bits per heavy atom. The second-order valence-corrected chi connectivity index (χ2v) is 6.09. The van der Waals surface area contributed by atoms with E-state index in [-0.39, 0.29) is 6.54 Å². The zero-order valence-corrected chi connectivity index (χ0v) is 15.3. The van der Waals surface area contributed by atoms with Crippen molar-refractivity contribution >= 4 is 17.7 Å². The molecule has 0 saturated carbocycles. The van der Waals surface area contributed by atoms with Gasteiger partial charge < -0.3 is 4.74 Å². The number of benzene rings is 2. The standard InChI is InChI=1S/C20H20N2O5/c1-13(14-8-10-15(26-2)11-9-14)22(27-3)18(23)12-21-19(24)16-6-4-5-7-17(16)20(21)25/h4-11,13H,12H2,1-3H3. The maximum Gasteiger partial charge on any atom is 0.266 e. The van der Waals surface area contributed by atoms with E-state index in [4.69, 9.17) is 9.57 Å².